The van der Waals surface area contributed by atoms with E-state index in [2.05, 4.69) is 0 Å². The molecule has 1 aliphatic heterocycles. The van der Waals surface area contributed by atoms with Gasteiger partial charge in [0.05, 0.1) is 11.5 Å². The van der Waals surface area contributed by atoms with Gasteiger partial charge < -0.3 is 5.11 Å². The number of aliphatic hydroxyl groups is 1. The van der Waals surface area contributed by atoms with Crippen LogP contribution in [0.1, 0.15) is 12.0 Å². The van der Waals surface area contributed by atoms with E-state index in [1.54, 1.807) is 0 Å². The molecule has 1 fully saturated rings. The van der Waals surface area contributed by atoms with Crippen molar-refractivity contribution in [1.82, 2.24) is 0 Å². The first-order valence-corrected chi connectivity index (χ1v) is 7.98. The summed E-state index contributed by atoms with van der Waals surface area (Å²) in [4.78, 5) is 0. The van der Waals surface area contributed by atoms with Crippen molar-refractivity contribution >= 4 is 9.84 Å². The van der Waals surface area contributed by atoms with Crippen molar-refractivity contribution in [1.29, 1.82) is 0 Å². The van der Waals surface area contributed by atoms with E-state index in [1.807, 2.05) is 0 Å². The Bertz CT molecular complexity index is 537. The van der Waals surface area contributed by atoms with E-state index in [0.717, 1.165) is 6.07 Å². The van der Waals surface area contributed by atoms with E-state index < -0.39 is 21.5 Å². The Hall–Kier alpha value is -1.01. The lowest BCUT2D eigenvalue weighted by molar-refractivity contribution is 0.184. The van der Waals surface area contributed by atoms with Crippen LogP contribution in [0.2, 0.25) is 0 Å². The Balaban J connectivity index is 2.11. The van der Waals surface area contributed by atoms with Gasteiger partial charge in [-0.3, -0.25) is 0 Å². The predicted octanol–water partition coefficient (Wildman–Crippen LogP) is 1.55. The Labute approximate surface area is 111 Å². The van der Waals surface area contributed by atoms with Crippen molar-refractivity contribution < 1.29 is 22.3 Å². The highest BCUT2D eigenvalue weighted by Gasteiger charge is 2.33. The quantitative estimate of drug-likeness (QED) is 0.915. The van der Waals surface area contributed by atoms with Crippen LogP contribution in [0.5, 0.6) is 0 Å². The maximum Gasteiger partial charge on any atom is 0.150 e. The number of halogens is 2. The van der Waals surface area contributed by atoms with Gasteiger partial charge in [-0.2, -0.15) is 0 Å². The highest BCUT2D eigenvalue weighted by atomic mass is 32.2. The lowest BCUT2D eigenvalue weighted by Gasteiger charge is -2.20. The fraction of sp³-hybridized carbons (Fsp3) is 0.538. The minimum Gasteiger partial charge on any atom is -0.396 e. The molecule has 1 heterocycles. The van der Waals surface area contributed by atoms with Crippen LogP contribution in [-0.4, -0.2) is 31.6 Å². The summed E-state index contributed by atoms with van der Waals surface area (Å²) in [5, 5.41) is 9.37. The third-order valence-corrected chi connectivity index (χ3v) is 5.38. The second kappa shape index (κ2) is 5.54. The molecule has 0 bridgehead atoms. The molecular weight excluding hydrogens is 274 g/mol. The first-order chi connectivity index (χ1) is 8.89. The van der Waals surface area contributed by atoms with Gasteiger partial charge in [0.25, 0.3) is 0 Å². The molecule has 1 saturated heterocycles. The van der Waals surface area contributed by atoms with Crippen LogP contribution in [0.25, 0.3) is 0 Å². The van der Waals surface area contributed by atoms with Gasteiger partial charge in [-0.25, -0.2) is 17.2 Å². The van der Waals surface area contributed by atoms with E-state index >= 15 is 0 Å². The molecule has 0 radical (unpaired) electrons. The molecule has 1 aromatic carbocycles. The molecular formula is C13H16F2O3S. The number of benzene rings is 1. The van der Waals surface area contributed by atoms with Crippen LogP contribution in [0.15, 0.2) is 18.2 Å². The van der Waals surface area contributed by atoms with Crippen LogP contribution < -0.4 is 0 Å². The monoisotopic (exact) mass is 290 g/mol. The average molecular weight is 290 g/mol. The van der Waals surface area contributed by atoms with Crippen LogP contribution in [0.3, 0.4) is 0 Å². The molecule has 1 N–H and O–H groups in total. The maximum absolute atomic E-state index is 13.1. The predicted molar refractivity (Wildman–Crippen MR) is 67.4 cm³/mol. The average Bonchev–Trinajstić information content (AvgIpc) is 2.65. The normalized spacial score (nSPS) is 23.4. The van der Waals surface area contributed by atoms with Gasteiger partial charge in [0.15, 0.2) is 9.84 Å². The third-order valence-electron chi connectivity index (χ3n) is 3.59. The minimum atomic E-state index is -3.02. The fourth-order valence-electron chi connectivity index (χ4n) is 2.61. The lowest BCUT2D eigenvalue weighted by atomic mass is 9.87. The number of aliphatic hydroxyl groups excluding tert-OH is 1. The van der Waals surface area contributed by atoms with Crippen LogP contribution in [-0.2, 0) is 16.3 Å². The zero-order valence-electron chi connectivity index (χ0n) is 10.4. The van der Waals surface area contributed by atoms with Crippen molar-refractivity contribution in [3.8, 4) is 0 Å². The van der Waals surface area contributed by atoms with Gasteiger partial charge in [-0.15, -0.1) is 0 Å². The topological polar surface area (TPSA) is 54.4 Å². The number of hydrogen-bond acceptors (Lipinski definition) is 3. The molecule has 0 spiro atoms. The molecule has 1 aliphatic rings. The molecule has 2 unspecified atom stereocenters. The molecule has 1 aromatic rings. The van der Waals surface area contributed by atoms with Crippen molar-refractivity contribution in [2.75, 3.05) is 18.1 Å². The molecule has 0 saturated carbocycles. The summed E-state index contributed by atoms with van der Waals surface area (Å²) in [6, 6.07) is 3.22. The summed E-state index contributed by atoms with van der Waals surface area (Å²) in [6.07, 6.45) is 0.788. The van der Waals surface area contributed by atoms with E-state index in [-0.39, 0.29) is 36.4 Å². The van der Waals surface area contributed by atoms with Gasteiger partial charge in [0.2, 0.25) is 0 Å². The number of rotatable bonds is 4. The first-order valence-electron chi connectivity index (χ1n) is 6.16. The second-order valence-electron chi connectivity index (χ2n) is 5.09. The Morgan fingerprint density at radius 1 is 1.26 bits per heavy atom. The highest BCUT2D eigenvalue weighted by molar-refractivity contribution is 7.91. The van der Waals surface area contributed by atoms with E-state index in [1.165, 1.54) is 12.1 Å². The van der Waals surface area contributed by atoms with Gasteiger partial charge in [-0.1, -0.05) is 0 Å². The molecule has 6 heteroatoms. The fourth-order valence-corrected chi connectivity index (χ4v) is 4.53. The minimum absolute atomic E-state index is 0.0516. The zero-order valence-corrected chi connectivity index (χ0v) is 11.2. The van der Waals surface area contributed by atoms with Crippen molar-refractivity contribution in [3.05, 3.63) is 35.4 Å². The summed E-state index contributed by atoms with van der Waals surface area (Å²) < 4.78 is 49.0. The smallest absolute Gasteiger partial charge is 0.150 e. The molecule has 3 nitrogen and oxygen atoms in total. The molecule has 0 amide bonds. The van der Waals surface area contributed by atoms with Crippen LogP contribution in [0.4, 0.5) is 8.78 Å². The highest BCUT2D eigenvalue weighted by Crippen LogP contribution is 2.28. The maximum atomic E-state index is 13.1. The summed E-state index contributed by atoms with van der Waals surface area (Å²) in [7, 11) is -3.02. The molecule has 19 heavy (non-hydrogen) atoms. The van der Waals surface area contributed by atoms with E-state index in [9.17, 15) is 22.3 Å². The molecule has 0 aromatic heterocycles. The Kier molecular flexibility index (Phi) is 4.20. The molecule has 2 rings (SSSR count). The SMILES string of the molecule is O=S1(=O)CCC(C(CO)Cc2cc(F)cc(F)c2)C1. The summed E-state index contributed by atoms with van der Waals surface area (Å²) in [5.41, 5.74) is 0.445. The lowest BCUT2D eigenvalue weighted by Crippen LogP contribution is -2.22. The van der Waals surface area contributed by atoms with Crippen molar-refractivity contribution in [2.45, 2.75) is 12.8 Å². The van der Waals surface area contributed by atoms with Crippen LogP contribution in [0, 0.1) is 23.5 Å². The number of hydrogen-bond donors (Lipinski definition) is 1. The van der Waals surface area contributed by atoms with E-state index in [4.69, 9.17) is 0 Å². The largest absolute Gasteiger partial charge is 0.396 e. The van der Waals surface area contributed by atoms with Gasteiger partial charge >= 0.3 is 0 Å². The number of sulfone groups is 1. The third kappa shape index (κ3) is 3.73. The molecule has 106 valence electrons. The second-order valence-corrected chi connectivity index (χ2v) is 7.32. The van der Waals surface area contributed by atoms with Gasteiger partial charge in [-0.05, 0) is 42.4 Å². The van der Waals surface area contributed by atoms with Crippen LogP contribution >= 0.6 is 0 Å². The molecule has 0 aliphatic carbocycles. The first kappa shape index (κ1) is 14.4. The standard InChI is InChI=1S/C13H16F2O3S/c14-12-4-9(5-13(15)6-12)3-11(7-16)10-1-2-19(17,18)8-10/h4-6,10-11,16H,1-3,7-8H2. The van der Waals surface area contributed by atoms with E-state index in [0.29, 0.717) is 12.0 Å². The Morgan fingerprint density at radius 2 is 1.89 bits per heavy atom. The summed E-state index contributed by atoms with van der Waals surface area (Å²) >= 11 is 0. The van der Waals surface area contributed by atoms with Gasteiger partial charge in [0, 0.05) is 12.7 Å². The summed E-state index contributed by atoms with van der Waals surface area (Å²) in [6.45, 7) is -0.182. The Morgan fingerprint density at radius 3 is 2.37 bits per heavy atom. The summed E-state index contributed by atoms with van der Waals surface area (Å²) in [5.74, 6) is -1.56. The zero-order chi connectivity index (χ0) is 14.0. The van der Waals surface area contributed by atoms with Crippen molar-refractivity contribution in [3.63, 3.8) is 0 Å². The van der Waals surface area contributed by atoms with Crippen molar-refractivity contribution in [2.24, 2.45) is 11.8 Å². The van der Waals surface area contributed by atoms with Gasteiger partial charge in [0.1, 0.15) is 11.6 Å². The molecule has 2 atom stereocenters.